The van der Waals surface area contributed by atoms with Crippen molar-refractivity contribution in [3.05, 3.63) is 41.0 Å². The Hall–Kier alpha value is -1.65. The fourth-order valence-corrected chi connectivity index (χ4v) is 4.66. The first-order chi connectivity index (χ1) is 17.4. The summed E-state index contributed by atoms with van der Waals surface area (Å²) in [7, 11) is 0. The standard InChI is InChI=1S/C33H56O4/c1-32(2,3)28-23-26(24-29(31(28)37)33(4,5)6)30(36)22-20-18-16-14-12-10-8-7-9-11-13-15-17-19-21-27(35)25-34/h7,9,23-24,27,34-35,37H,8,10-22,25H2,1-6H3/b9-7+. The van der Waals surface area contributed by atoms with E-state index in [1.54, 1.807) is 0 Å². The van der Waals surface area contributed by atoms with Gasteiger partial charge in [-0.25, -0.2) is 0 Å². The number of unbranched alkanes of at least 4 members (excludes halogenated alkanes) is 10. The second-order valence-electron chi connectivity index (χ2n) is 12.8. The number of hydrogen-bond acceptors (Lipinski definition) is 4. The monoisotopic (exact) mass is 516 g/mol. The van der Waals surface area contributed by atoms with E-state index in [1.807, 2.05) is 12.1 Å². The van der Waals surface area contributed by atoms with E-state index in [1.165, 1.54) is 38.5 Å². The molecular weight excluding hydrogens is 460 g/mol. The number of allylic oxidation sites excluding steroid dienone is 2. The number of benzene rings is 1. The van der Waals surface area contributed by atoms with Crippen LogP contribution in [-0.2, 0) is 10.8 Å². The highest BCUT2D eigenvalue weighted by molar-refractivity contribution is 5.96. The van der Waals surface area contributed by atoms with E-state index >= 15 is 0 Å². The number of aliphatic hydroxyl groups excluding tert-OH is 2. The van der Waals surface area contributed by atoms with Crippen LogP contribution in [0.1, 0.15) is 153 Å². The first kappa shape index (κ1) is 33.4. The minimum atomic E-state index is -0.545. The molecule has 0 aliphatic carbocycles. The quantitative estimate of drug-likeness (QED) is 0.104. The molecule has 1 aromatic rings. The van der Waals surface area contributed by atoms with E-state index in [9.17, 15) is 15.0 Å². The van der Waals surface area contributed by atoms with Crippen LogP contribution in [0.4, 0.5) is 0 Å². The average molecular weight is 517 g/mol. The Morgan fingerprint density at radius 3 is 1.65 bits per heavy atom. The summed E-state index contributed by atoms with van der Waals surface area (Å²) in [5.74, 6) is 0.516. The van der Waals surface area contributed by atoms with Crippen LogP contribution in [0.5, 0.6) is 5.75 Å². The number of aromatic hydroxyl groups is 1. The van der Waals surface area contributed by atoms with Gasteiger partial charge in [0.05, 0.1) is 12.7 Å². The molecule has 0 aromatic heterocycles. The smallest absolute Gasteiger partial charge is 0.162 e. The Kier molecular flexibility index (Phi) is 15.4. The second-order valence-corrected chi connectivity index (χ2v) is 12.8. The maximum atomic E-state index is 13.0. The molecule has 3 N–H and O–H groups in total. The summed E-state index contributed by atoms with van der Waals surface area (Å²) in [4.78, 5) is 13.0. The molecule has 0 saturated heterocycles. The predicted octanol–water partition coefficient (Wildman–Crippen LogP) is 8.54. The SMILES string of the molecule is CC(C)(C)c1cc(C(=O)CCCCCCCC/C=C/CCCCCCC(O)CO)cc(C(C)(C)C)c1O. The molecule has 37 heavy (non-hydrogen) atoms. The molecule has 0 saturated carbocycles. The molecule has 4 nitrogen and oxygen atoms in total. The molecule has 0 aliphatic rings. The Labute approximate surface area is 227 Å². The van der Waals surface area contributed by atoms with Crippen molar-refractivity contribution in [2.75, 3.05) is 6.61 Å². The van der Waals surface area contributed by atoms with Crippen LogP contribution >= 0.6 is 0 Å². The number of carbonyl (C=O) groups excluding carboxylic acids is 1. The molecule has 0 spiro atoms. The fourth-order valence-electron chi connectivity index (χ4n) is 4.66. The van der Waals surface area contributed by atoms with Gasteiger partial charge in [0.2, 0.25) is 0 Å². The third-order valence-electron chi connectivity index (χ3n) is 7.11. The summed E-state index contributed by atoms with van der Waals surface area (Å²) in [6, 6.07) is 3.82. The van der Waals surface area contributed by atoms with E-state index in [4.69, 9.17) is 5.11 Å². The second kappa shape index (κ2) is 17.0. The van der Waals surface area contributed by atoms with Gasteiger partial charge in [0.25, 0.3) is 0 Å². The van der Waals surface area contributed by atoms with E-state index in [-0.39, 0.29) is 23.2 Å². The topological polar surface area (TPSA) is 77.8 Å². The van der Waals surface area contributed by atoms with E-state index in [0.29, 0.717) is 18.6 Å². The van der Waals surface area contributed by atoms with Crippen molar-refractivity contribution in [2.45, 2.75) is 148 Å². The Balaban J connectivity index is 2.23. The molecule has 0 fully saturated rings. The number of rotatable bonds is 18. The molecule has 212 valence electrons. The number of carbonyl (C=O) groups is 1. The van der Waals surface area contributed by atoms with Crippen molar-refractivity contribution >= 4 is 5.78 Å². The van der Waals surface area contributed by atoms with E-state index < -0.39 is 6.10 Å². The van der Waals surface area contributed by atoms with Crippen LogP contribution < -0.4 is 0 Å². The minimum absolute atomic E-state index is 0.124. The third kappa shape index (κ3) is 13.6. The summed E-state index contributed by atoms with van der Waals surface area (Å²) in [5, 5.41) is 29.0. The Morgan fingerprint density at radius 1 is 0.757 bits per heavy atom. The van der Waals surface area contributed by atoms with Gasteiger partial charge in [0.15, 0.2) is 5.78 Å². The lowest BCUT2D eigenvalue weighted by Crippen LogP contribution is -2.18. The van der Waals surface area contributed by atoms with Crippen LogP contribution in [0.3, 0.4) is 0 Å². The number of hydrogen-bond donors (Lipinski definition) is 3. The molecule has 4 heteroatoms. The van der Waals surface area contributed by atoms with E-state index in [0.717, 1.165) is 55.2 Å². The van der Waals surface area contributed by atoms with Crippen molar-refractivity contribution in [1.82, 2.24) is 0 Å². The lowest BCUT2D eigenvalue weighted by molar-refractivity contribution is 0.0860. The lowest BCUT2D eigenvalue weighted by atomic mass is 9.78. The third-order valence-corrected chi connectivity index (χ3v) is 7.11. The van der Waals surface area contributed by atoms with Gasteiger partial charge in [0.1, 0.15) is 5.75 Å². The van der Waals surface area contributed by atoms with Crippen molar-refractivity contribution in [2.24, 2.45) is 0 Å². The summed E-state index contributed by atoms with van der Waals surface area (Å²) in [5.41, 5.74) is 2.00. The van der Waals surface area contributed by atoms with Crippen LogP contribution in [-0.4, -0.2) is 33.8 Å². The highest BCUT2D eigenvalue weighted by Gasteiger charge is 2.27. The van der Waals surface area contributed by atoms with Gasteiger partial charge in [-0.1, -0.05) is 98.6 Å². The van der Waals surface area contributed by atoms with E-state index in [2.05, 4.69) is 53.7 Å². The highest BCUT2D eigenvalue weighted by Crippen LogP contribution is 2.40. The van der Waals surface area contributed by atoms with Crippen molar-refractivity contribution in [1.29, 1.82) is 0 Å². The van der Waals surface area contributed by atoms with Crippen LogP contribution in [0.15, 0.2) is 24.3 Å². The van der Waals surface area contributed by atoms with Crippen LogP contribution in [0.2, 0.25) is 0 Å². The lowest BCUT2D eigenvalue weighted by Gasteiger charge is -2.28. The summed E-state index contributed by atoms with van der Waals surface area (Å²) in [6.07, 6.45) is 19.0. The predicted molar refractivity (Wildman–Crippen MR) is 157 cm³/mol. The first-order valence-corrected chi connectivity index (χ1v) is 14.7. The van der Waals surface area contributed by atoms with Crippen molar-refractivity contribution < 1.29 is 20.1 Å². The van der Waals surface area contributed by atoms with Gasteiger partial charge >= 0.3 is 0 Å². The molecule has 0 heterocycles. The highest BCUT2D eigenvalue weighted by atomic mass is 16.3. The zero-order valence-electron chi connectivity index (χ0n) is 24.7. The number of ketones is 1. The zero-order chi connectivity index (χ0) is 27.9. The van der Waals surface area contributed by atoms with Crippen LogP contribution in [0.25, 0.3) is 0 Å². The molecule has 0 bridgehead atoms. The van der Waals surface area contributed by atoms with Gasteiger partial charge in [0, 0.05) is 23.1 Å². The van der Waals surface area contributed by atoms with Gasteiger partial charge in [-0.2, -0.15) is 0 Å². The molecule has 1 aromatic carbocycles. The largest absolute Gasteiger partial charge is 0.507 e. The van der Waals surface area contributed by atoms with Crippen molar-refractivity contribution in [3.8, 4) is 5.75 Å². The maximum absolute atomic E-state index is 13.0. The molecular formula is C33H56O4. The number of phenolic OH excluding ortho intramolecular Hbond substituents is 1. The zero-order valence-corrected chi connectivity index (χ0v) is 24.7. The van der Waals surface area contributed by atoms with Gasteiger partial charge in [-0.05, 0) is 61.5 Å². The molecule has 0 amide bonds. The molecule has 1 rings (SSSR count). The number of phenols is 1. The number of aliphatic hydroxyl groups is 2. The fraction of sp³-hybridized carbons (Fsp3) is 0.727. The van der Waals surface area contributed by atoms with Crippen molar-refractivity contribution in [3.63, 3.8) is 0 Å². The molecule has 1 unspecified atom stereocenters. The Bertz CT molecular complexity index is 776. The number of Topliss-reactive ketones (excluding diaryl/α,β-unsaturated/α-hetero) is 1. The molecule has 0 radical (unpaired) electrons. The molecule has 1 atom stereocenters. The van der Waals surface area contributed by atoms with Gasteiger partial charge < -0.3 is 15.3 Å². The van der Waals surface area contributed by atoms with Gasteiger partial charge in [-0.15, -0.1) is 0 Å². The Morgan fingerprint density at radius 2 is 1.19 bits per heavy atom. The van der Waals surface area contributed by atoms with Crippen LogP contribution in [0, 0.1) is 0 Å². The normalized spacial score (nSPS) is 13.4. The summed E-state index contributed by atoms with van der Waals surface area (Å²) in [6.45, 7) is 12.4. The summed E-state index contributed by atoms with van der Waals surface area (Å²) < 4.78 is 0. The average Bonchev–Trinajstić information content (AvgIpc) is 2.81. The summed E-state index contributed by atoms with van der Waals surface area (Å²) >= 11 is 0. The van der Waals surface area contributed by atoms with Gasteiger partial charge in [-0.3, -0.25) is 4.79 Å². The minimum Gasteiger partial charge on any atom is -0.507 e. The first-order valence-electron chi connectivity index (χ1n) is 14.7. The maximum Gasteiger partial charge on any atom is 0.162 e. The molecule has 0 aliphatic heterocycles.